The van der Waals surface area contributed by atoms with Gasteiger partial charge in [0.15, 0.2) is 0 Å². The van der Waals surface area contributed by atoms with E-state index >= 15 is 0 Å². The average Bonchev–Trinajstić information content (AvgIpc) is 2.79. The van der Waals surface area contributed by atoms with Gasteiger partial charge in [-0.05, 0) is 49.9 Å². The molecule has 164 valence electrons. The highest BCUT2D eigenvalue weighted by Gasteiger charge is 2.19. The quantitative estimate of drug-likeness (QED) is 0.460. The second-order valence-electron chi connectivity index (χ2n) is 8.11. The van der Waals surface area contributed by atoms with E-state index in [-0.39, 0.29) is 28.6 Å². The van der Waals surface area contributed by atoms with Gasteiger partial charge in [0.25, 0.3) is 11.5 Å². The van der Waals surface area contributed by atoms with Gasteiger partial charge in [0.2, 0.25) is 0 Å². The summed E-state index contributed by atoms with van der Waals surface area (Å²) in [6.07, 6.45) is 3.17. The van der Waals surface area contributed by atoms with E-state index in [0.29, 0.717) is 29.6 Å². The third-order valence-electron chi connectivity index (χ3n) is 5.82. The molecule has 0 bridgehead atoms. The Morgan fingerprint density at radius 1 is 1.19 bits per heavy atom. The summed E-state index contributed by atoms with van der Waals surface area (Å²) in [5.41, 5.74) is 3.00. The van der Waals surface area contributed by atoms with E-state index in [9.17, 15) is 9.59 Å². The molecule has 0 aliphatic rings. The van der Waals surface area contributed by atoms with Crippen LogP contribution in [0.25, 0.3) is 16.7 Å². The van der Waals surface area contributed by atoms with Crippen molar-refractivity contribution in [2.75, 3.05) is 6.54 Å². The number of amides is 1. The largest absolute Gasteiger partial charge is 0.352 e. The summed E-state index contributed by atoms with van der Waals surface area (Å²) in [5, 5.41) is 12.0. The van der Waals surface area contributed by atoms with E-state index in [1.54, 1.807) is 16.8 Å². The number of pyridine rings is 2. The van der Waals surface area contributed by atoms with Gasteiger partial charge < -0.3 is 9.88 Å². The number of aryl methyl sites for hydroxylation is 1. The Bertz CT molecular complexity index is 1420. The van der Waals surface area contributed by atoms with Crippen LogP contribution in [0.15, 0.2) is 59.5 Å². The van der Waals surface area contributed by atoms with Crippen molar-refractivity contribution in [2.45, 2.75) is 39.7 Å². The van der Waals surface area contributed by atoms with Crippen LogP contribution in [-0.2, 0) is 6.42 Å². The maximum atomic E-state index is 13.3. The van der Waals surface area contributed by atoms with E-state index in [1.165, 1.54) is 10.5 Å². The maximum absolute atomic E-state index is 13.3. The van der Waals surface area contributed by atoms with Crippen LogP contribution in [0.2, 0.25) is 0 Å². The lowest BCUT2D eigenvalue weighted by Crippen LogP contribution is -2.36. The molecular formula is C25H27N5O2. The Morgan fingerprint density at radius 3 is 2.66 bits per heavy atom. The number of hydrogen-bond acceptors (Lipinski definition) is 4. The van der Waals surface area contributed by atoms with Gasteiger partial charge in [0, 0.05) is 18.8 Å². The van der Waals surface area contributed by atoms with E-state index < -0.39 is 0 Å². The van der Waals surface area contributed by atoms with Gasteiger partial charge in [-0.25, -0.2) is 4.98 Å². The zero-order valence-electron chi connectivity index (χ0n) is 18.6. The fourth-order valence-electron chi connectivity index (χ4n) is 3.85. The van der Waals surface area contributed by atoms with Crippen molar-refractivity contribution in [1.82, 2.24) is 19.3 Å². The van der Waals surface area contributed by atoms with Crippen molar-refractivity contribution in [3.8, 4) is 0 Å². The summed E-state index contributed by atoms with van der Waals surface area (Å²) in [7, 11) is 0. The molecule has 1 atom stereocenters. The number of carbonyl (C=O) groups is 1. The van der Waals surface area contributed by atoms with Crippen LogP contribution in [0.5, 0.6) is 0 Å². The first-order valence-corrected chi connectivity index (χ1v) is 10.9. The summed E-state index contributed by atoms with van der Waals surface area (Å²) in [6.45, 7) is 6.33. The first kappa shape index (κ1) is 21.5. The molecule has 1 amide bonds. The van der Waals surface area contributed by atoms with Crippen LogP contribution in [0, 0.1) is 12.3 Å². The molecule has 2 N–H and O–H groups in total. The highest BCUT2D eigenvalue weighted by molar-refractivity contribution is 5.96. The van der Waals surface area contributed by atoms with E-state index in [0.717, 1.165) is 17.5 Å². The van der Waals surface area contributed by atoms with E-state index in [2.05, 4.69) is 10.3 Å². The molecule has 4 rings (SSSR count). The second-order valence-corrected chi connectivity index (χ2v) is 8.11. The van der Waals surface area contributed by atoms with Gasteiger partial charge in [-0.3, -0.25) is 19.4 Å². The number of nitrogens with zero attached hydrogens (tertiary/aromatic N) is 3. The number of carbonyl (C=O) groups excluding carboxylic acids is 1. The predicted octanol–water partition coefficient (Wildman–Crippen LogP) is 3.38. The molecule has 32 heavy (non-hydrogen) atoms. The maximum Gasteiger partial charge on any atom is 0.267 e. The molecule has 7 nitrogen and oxygen atoms in total. The zero-order valence-corrected chi connectivity index (χ0v) is 18.6. The molecule has 0 radical (unpaired) electrons. The number of rotatable bonds is 6. The first-order chi connectivity index (χ1) is 15.4. The topological polar surface area (TPSA) is 92.2 Å². The van der Waals surface area contributed by atoms with Crippen molar-refractivity contribution in [3.05, 3.63) is 87.3 Å². The highest BCUT2D eigenvalue weighted by atomic mass is 16.1. The van der Waals surface area contributed by atoms with Crippen molar-refractivity contribution < 1.29 is 4.79 Å². The molecule has 4 aromatic rings. The SMILES string of the molecule is CC[C@@H](C)n1c(=N)c(C(=O)NCCc2ccccc2)cc2c(=O)n3cc(C)ccc3nc21. The summed E-state index contributed by atoms with van der Waals surface area (Å²) in [6, 6.07) is 15.0. The van der Waals surface area contributed by atoms with Crippen LogP contribution in [0.3, 0.4) is 0 Å². The van der Waals surface area contributed by atoms with E-state index in [1.807, 2.05) is 57.2 Å². The Labute approximate surface area is 185 Å². The minimum Gasteiger partial charge on any atom is -0.352 e. The Hall–Kier alpha value is -3.74. The van der Waals surface area contributed by atoms with Crippen LogP contribution in [0.4, 0.5) is 0 Å². The molecule has 1 aromatic carbocycles. The molecule has 0 unspecified atom stereocenters. The molecule has 3 aromatic heterocycles. The van der Waals surface area contributed by atoms with Gasteiger partial charge in [-0.2, -0.15) is 0 Å². The predicted molar refractivity (Wildman–Crippen MR) is 125 cm³/mol. The average molecular weight is 430 g/mol. The van der Waals surface area contributed by atoms with Gasteiger partial charge in [-0.15, -0.1) is 0 Å². The highest BCUT2D eigenvalue weighted by Crippen LogP contribution is 2.17. The van der Waals surface area contributed by atoms with Crippen LogP contribution in [-0.4, -0.2) is 26.4 Å². The third kappa shape index (κ3) is 3.93. The minimum absolute atomic E-state index is 0.0624. The Balaban J connectivity index is 1.81. The molecular weight excluding hydrogens is 402 g/mol. The molecule has 0 aliphatic heterocycles. The number of aromatic nitrogens is 3. The van der Waals surface area contributed by atoms with Crippen molar-refractivity contribution in [1.29, 1.82) is 5.41 Å². The Kier molecular flexibility index (Phi) is 5.90. The van der Waals surface area contributed by atoms with Crippen molar-refractivity contribution in [3.63, 3.8) is 0 Å². The smallest absolute Gasteiger partial charge is 0.267 e. The fraction of sp³-hybridized carbons (Fsp3) is 0.280. The lowest BCUT2D eigenvalue weighted by Gasteiger charge is -2.19. The molecule has 0 aliphatic carbocycles. The summed E-state index contributed by atoms with van der Waals surface area (Å²) < 4.78 is 3.20. The molecule has 7 heteroatoms. The van der Waals surface area contributed by atoms with Gasteiger partial charge >= 0.3 is 0 Å². The second kappa shape index (κ2) is 8.78. The van der Waals surface area contributed by atoms with Crippen LogP contribution >= 0.6 is 0 Å². The van der Waals surface area contributed by atoms with E-state index in [4.69, 9.17) is 5.41 Å². The summed E-state index contributed by atoms with van der Waals surface area (Å²) >= 11 is 0. The van der Waals surface area contributed by atoms with Crippen LogP contribution in [0.1, 0.15) is 47.8 Å². The monoisotopic (exact) mass is 429 g/mol. The molecule has 0 spiro atoms. The molecule has 0 fully saturated rings. The summed E-state index contributed by atoms with van der Waals surface area (Å²) in [4.78, 5) is 31.0. The molecule has 3 heterocycles. The lowest BCUT2D eigenvalue weighted by molar-refractivity contribution is 0.0951. The Morgan fingerprint density at radius 2 is 1.94 bits per heavy atom. The fourth-order valence-corrected chi connectivity index (χ4v) is 3.85. The van der Waals surface area contributed by atoms with Gasteiger partial charge in [-0.1, -0.05) is 43.3 Å². The zero-order chi connectivity index (χ0) is 22.8. The molecule has 0 saturated carbocycles. The minimum atomic E-state index is -0.362. The third-order valence-corrected chi connectivity index (χ3v) is 5.82. The first-order valence-electron chi connectivity index (χ1n) is 10.9. The number of fused-ring (bicyclic) bond motifs is 2. The van der Waals surface area contributed by atoms with Crippen LogP contribution < -0.4 is 16.4 Å². The van der Waals surface area contributed by atoms with Gasteiger partial charge in [0.05, 0.1) is 10.9 Å². The van der Waals surface area contributed by atoms with Crippen molar-refractivity contribution >= 4 is 22.6 Å². The number of benzene rings is 1. The number of nitrogens with one attached hydrogen (secondary N) is 2. The van der Waals surface area contributed by atoms with Crippen molar-refractivity contribution in [2.24, 2.45) is 0 Å². The number of hydrogen-bond donors (Lipinski definition) is 2. The lowest BCUT2D eigenvalue weighted by atomic mass is 10.1. The van der Waals surface area contributed by atoms with Gasteiger partial charge in [0.1, 0.15) is 16.8 Å². The standard InChI is InChI=1S/C25H27N5O2/c1-4-17(3)30-22(26)19(24(31)27-13-12-18-8-6-5-7-9-18)14-20-23(30)28-21-11-10-16(2)15-29(21)25(20)32/h5-11,14-15,17,26H,4,12-13H2,1-3H3,(H,27,31)/t17-/m1/s1. The molecule has 0 saturated heterocycles. The summed E-state index contributed by atoms with van der Waals surface area (Å²) in [5.74, 6) is -0.362. The normalized spacial score (nSPS) is 12.2.